The van der Waals surface area contributed by atoms with E-state index in [2.05, 4.69) is 41.5 Å². The normalized spacial score (nSPS) is 10.2. The van der Waals surface area contributed by atoms with Gasteiger partial charge in [0.15, 0.2) is 0 Å². The van der Waals surface area contributed by atoms with E-state index in [4.69, 9.17) is 5.73 Å². The van der Waals surface area contributed by atoms with Crippen molar-refractivity contribution < 1.29 is 0 Å². The molecule has 2 aromatic rings. The fourth-order valence-electron chi connectivity index (χ4n) is 1.75. The molecule has 0 saturated carbocycles. The third-order valence-corrected chi connectivity index (χ3v) is 2.57. The van der Waals surface area contributed by atoms with E-state index >= 15 is 0 Å². The zero-order chi connectivity index (χ0) is 12.1. The quantitative estimate of drug-likeness (QED) is 0.844. The van der Waals surface area contributed by atoms with E-state index in [9.17, 15) is 0 Å². The minimum Gasteiger partial charge on any atom is -0.384 e. The SMILES string of the molecule is Cc1cccc(CCNc2cccc(N)n2)c1. The van der Waals surface area contributed by atoms with Gasteiger partial charge in [-0.1, -0.05) is 35.9 Å². The number of aromatic nitrogens is 1. The molecule has 0 aliphatic carbocycles. The Balaban J connectivity index is 1.87. The molecule has 0 amide bonds. The maximum Gasteiger partial charge on any atom is 0.128 e. The zero-order valence-electron chi connectivity index (χ0n) is 9.98. The second kappa shape index (κ2) is 5.34. The van der Waals surface area contributed by atoms with Gasteiger partial charge in [-0.3, -0.25) is 0 Å². The summed E-state index contributed by atoms with van der Waals surface area (Å²) in [5.74, 6) is 1.38. The molecule has 0 aliphatic rings. The van der Waals surface area contributed by atoms with E-state index in [-0.39, 0.29) is 0 Å². The third-order valence-electron chi connectivity index (χ3n) is 2.57. The first-order chi connectivity index (χ1) is 8.24. The van der Waals surface area contributed by atoms with Crippen molar-refractivity contribution in [2.75, 3.05) is 17.6 Å². The fourth-order valence-corrected chi connectivity index (χ4v) is 1.75. The maximum atomic E-state index is 5.61. The first-order valence-corrected chi connectivity index (χ1v) is 5.76. The van der Waals surface area contributed by atoms with Gasteiger partial charge in [0.1, 0.15) is 11.6 Å². The number of aryl methyl sites for hydroxylation is 1. The number of nitrogen functional groups attached to an aromatic ring is 1. The summed E-state index contributed by atoms with van der Waals surface area (Å²) in [5.41, 5.74) is 8.24. The third kappa shape index (κ3) is 3.48. The molecule has 0 bridgehead atoms. The van der Waals surface area contributed by atoms with E-state index in [1.807, 2.05) is 12.1 Å². The highest BCUT2D eigenvalue weighted by atomic mass is 15.0. The van der Waals surface area contributed by atoms with Gasteiger partial charge in [0.2, 0.25) is 0 Å². The standard InChI is InChI=1S/C14H17N3/c1-11-4-2-5-12(10-11)8-9-16-14-7-3-6-13(15)17-14/h2-7,10H,8-9H2,1H3,(H3,15,16,17). The number of nitrogens with two attached hydrogens (primary N) is 1. The Morgan fingerprint density at radius 3 is 2.76 bits per heavy atom. The van der Waals surface area contributed by atoms with Crippen LogP contribution in [-0.2, 0) is 6.42 Å². The second-order valence-electron chi connectivity index (χ2n) is 4.11. The Bertz CT molecular complexity index is 449. The number of hydrogen-bond acceptors (Lipinski definition) is 3. The largest absolute Gasteiger partial charge is 0.384 e. The van der Waals surface area contributed by atoms with Crippen LogP contribution in [0.15, 0.2) is 42.5 Å². The van der Waals surface area contributed by atoms with Crippen LogP contribution in [0.2, 0.25) is 0 Å². The van der Waals surface area contributed by atoms with Crippen molar-refractivity contribution in [3.63, 3.8) is 0 Å². The molecule has 0 spiro atoms. The molecule has 3 nitrogen and oxygen atoms in total. The van der Waals surface area contributed by atoms with E-state index < -0.39 is 0 Å². The van der Waals surface area contributed by atoms with E-state index in [1.54, 1.807) is 6.07 Å². The average molecular weight is 227 g/mol. The number of rotatable bonds is 4. The number of anilines is 2. The molecular formula is C14H17N3. The Labute approximate surface area is 102 Å². The molecule has 0 unspecified atom stereocenters. The van der Waals surface area contributed by atoms with Crippen LogP contribution in [0.1, 0.15) is 11.1 Å². The molecule has 0 saturated heterocycles. The van der Waals surface area contributed by atoms with Crippen LogP contribution in [0.25, 0.3) is 0 Å². The molecule has 0 radical (unpaired) electrons. The van der Waals surface area contributed by atoms with Crippen LogP contribution in [0.5, 0.6) is 0 Å². The van der Waals surface area contributed by atoms with E-state index in [0.29, 0.717) is 5.82 Å². The van der Waals surface area contributed by atoms with Crippen molar-refractivity contribution >= 4 is 11.6 Å². The Kier molecular flexibility index (Phi) is 3.60. The summed E-state index contributed by atoms with van der Waals surface area (Å²) < 4.78 is 0. The molecule has 1 heterocycles. The summed E-state index contributed by atoms with van der Waals surface area (Å²) in [7, 11) is 0. The first-order valence-electron chi connectivity index (χ1n) is 5.76. The average Bonchev–Trinajstić information content (AvgIpc) is 2.29. The van der Waals surface area contributed by atoms with Gasteiger partial charge in [-0.15, -0.1) is 0 Å². The number of pyridine rings is 1. The first kappa shape index (κ1) is 11.5. The number of benzene rings is 1. The molecular weight excluding hydrogens is 210 g/mol. The molecule has 88 valence electrons. The summed E-state index contributed by atoms with van der Waals surface area (Å²) in [4.78, 5) is 4.19. The topological polar surface area (TPSA) is 50.9 Å². The lowest BCUT2D eigenvalue weighted by Gasteiger charge is -2.06. The summed E-state index contributed by atoms with van der Waals surface area (Å²) in [6.07, 6.45) is 0.984. The summed E-state index contributed by atoms with van der Waals surface area (Å²) in [5, 5.41) is 3.26. The zero-order valence-corrected chi connectivity index (χ0v) is 9.98. The molecule has 17 heavy (non-hydrogen) atoms. The van der Waals surface area contributed by atoms with Crippen molar-refractivity contribution in [1.82, 2.24) is 4.98 Å². The van der Waals surface area contributed by atoms with Crippen LogP contribution < -0.4 is 11.1 Å². The highest BCUT2D eigenvalue weighted by Gasteiger charge is 1.96. The molecule has 3 heteroatoms. The van der Waals surface area contributed by atoms with Crippen LogP contribution in [0, 0.1) is 6.92 Å². The van der Waals surface area contributed by atoms with Gasteiger partial charge in [0, 0.05) is 6.54 Å². The van der Waals surface area contributed by atoms with Gasteiger partial charge in [0.05, 0.1) is 0 Å². The highest BCUT2D eigenvalue weighted by Crippen LogP contribution is 2.07. The van der Waals surface area contributed by atoms with Crippen LogP contribution in [0.3, 0.4) is 0 Å². The predicted octanol–water partition coefficient (Wildman–Crippen LogP) is 2.63. The van der Waals surface area contributed by atoms with Gasteiger partial charge in [-0.25, -0.2) is 4.98 Å². The Hall–Kier alpha value is -2.03. The van der Waals surface area contributed by atoms with Gasteiger partial charge >= 0.3 is 0 Å². The number of nitrogens with one attached hydrogen (secondary N) is 1. The van der Waals surface area contributed by atoms with Crippen LogP contribution >= 0.6 is 0 Å². The van der Waals surface area contributed by atoms with E-state index in [1.165, 1.54) is 11.1 Å². The van der Waals surface area contributed by atoms with Crippen molar-refractivity contribution in [3.8, 4) is 0 Å². The van der Waals surface area contributed by atoms with Gasteiger partial charge < -0.3 is 11.1 Å². The lowest BCUT2D eigenvalue weighted by Crippen LogP contribution is -2.07. The molecule has 1 aromatic heterocycles. The van der Waals surface area contributed by atoms with E-state index in [0.717, 1.165) is 18.8 Å². The van der Waals surface area contributed by atoms with Gasteiger partial charge in [0.25, 0.3) is 0 Å². The van der Waals surface area contributed by atoms with Gasteiger partial charge in [-0.2, -0.15) is 0 Å². The minimum absolute atomic E-state index is 0.547. The smallest absolute Gasteiger partial charge is 0.128 e. The minimum atomic E-state index is 0.547. The summed E-state index contributed by atoms with van der Waals surface area (Å²) in [6.45, 7) is 2.97. The summed E-state index contributed by atoms with van der Waals surface area (Å²) in [6, 6.07) is 14.1. The van der Waals surface area contributed by atoms with Crippen molar-refractivity contribution in [2.24, 2.45) is 0 Å². The number of hydrogen-bond donors (Lipinski definition) is 2. The molecule has 0 atom stereocenters. The lowest BCUT2D eigenvalue weighted by molar-refractivity contribution is 1.00. The summed E-state index contributed by atoms with van der Waals surface area (Å²) >= 11 is 0. The van der Waals surface area contributed by atoms with Gasteiger partial charge in [-0.05, 0) is 31.0 Å². The molecule has 2 rings (SSSR count). The molecule has 3 N–H and O–H groups in total. The van der Waals surface area contributed by atoms with Crippen LogP contribution in [0.4, 0.5) is 11.6 Å². The predicted molar refractivity (Wildman–Crippen MR) is 72.0 cm³/mol. The number of nitrogens with zero attached hydrogens (tertiary/aromatic N) is 1. The molecule has 0 fully saturated rings. The maximum absolute atomic E-state index is 5.61. The Morgan fingerprint density at radius 1 is 1.18 bits per heavy atom. The fraction of sp³-hybridized carbons (Fsp3) is 0.214. The highest BCUT2D eigenvalue weighted by molar-refractivity contribution is 5.42. The second-order valence-corrected chi connectivity index (χ2v) is 4.11. The van der Waals surface area contributed by atoms with Crippen molar-refractivity contribution in [3.05, 3.63) is 53.6 Å². The molecule has 0 aliphatic heterocycles. The molecule has 1 aromatic carbocycles. The van der Waals surface area contributed by atoms with Crippen LogP contribution in [-0.4, -0.2) is 11.5 Å². The lowest BCUT2D eigenvalue weighted by atomic mass is 10.1. The van der Waals surface area contributed by atoms with Crippen molar-refractivity contribution in [1.29, 1.82) is 0 Å². The monoisotopic (exact) mass is 227 g/mol. The van der Waals surface area contributed by atoms with Crippen molar-refractivity contribution in [2.45, 2.75) is 13.3 Å². The Morgan fingerprint density at radius 2 is 2.00 bits per heavy atom.